The second-order valence-electron chi connectivity index (χ2n) is 2.74. The molecule has 7 heteroatoms. The zero-order valence-corrected chi connectivity index (χ0v) is 8.24. The maximum absolute atomic E-state index is 11.4. The summed E-state index contributed by atoms with van der Waals surface area (Å²) in [4.78, 5) is 0.0897. The molecule has 1 aliphatic heterocycles. The number of anilines is 1. The van der Waals surface area contributed by atoms with Gasteiger partial charge in [-0.15, -0.1) is 4.40 Å². The maximum atomic E-state index is 11.4. The molecule has 0 bridgehead atoms. The van der Waals surface area contributed by atoms with E-state index in [0.717, 1.165) is 6.34 Å². The molecule has 0 aliphatic carbocycles. The van der Waals surface area contributed by atoms with E-state index in [9.17, 15) is 8.42 Å². The summed E-state index contributed by atoms with van der Waals surface area (Å²) in [5.41, 5.74) is 1.11. The Labute approximate surface area is 81.1 Å². The number of hydrogen-bond acceptors (Lipinski definition) is 5. The van der Waals surface area contributed by atoms with E-state index in [1.54, 1.807) is 0 Å². The number of rotatable bonds is 1. The lowest BCUT2D eigenvalue weighted by atomic mass is 10.2. The van der Waals surface area contributed by atoms with Crippen LogP contribution in [0.1, 0.15) is 12.6 Å². The van der Waals surface area contributed by atoms with Gasteiger partial charge in [0.25, 0.3) is 10.0 Å². The SMILES string of the molecule is CCc1nncc2c1NC=NS2(=O)=O. The van der Waals surface area contributed by atoms with Gasteiger partial charge in [-0.3, -0.25) is 0 Å². The molecule has 6 nitrogen and oxygen atoms in total. The lowest BCUT2D eigenvalue weighted by Gasteiger charge is -2.13. The normalized spacial score (nSPS) is 17.2. The number of aromatic nitrogens is 2. The van der Waals surface area contributed by atoms with Crippen molar-refractivity contribution in [3.8, 4) is 0 Å². The first-order valence-electron chi connectivity index (χ1n) is 4.05. The minimum absolute atomic E-state index is 0.0897. The minimum atomic E-state index is -3.57. The largest absolute Gasteiger partial charge is 0.343 e. The van der Waals surface area contributed by atoms with Gasteiger partial charge in [0, 0.05) is 0 Å². The average Bonchev–Trinajstić information content (AvgIpc) is 2.17. The van der Waals surface area contributed by atoms with Crippen LogP contribution in [-0.4, -0.2) is 25.0 Å². The zero-order valence-electron chi connectivity index (χ0n) is 7.43. The van der Waals surface area contributed by atoms with E-state index in [0.29, 0.717) is 17.8 Å². The number of nitrogens with one attached hydrogen (secondary N) is 1. The molecule has 0 fully saturated rings. The first-order chi connectivity index (χ1) is 6.65. The summed E-state index contributed by atoms with van der Waals surface area (Å²) in [5, 5.41) is 10.2. The quantitative estimate of drug-likeness (QED) is 0.717. The van der Waals surface area contributed by atoms with Crippen LogP contribution in [0.5, 0.6) is 0 Å². The molecule has 0 amide bonds. The summed E-state index contributed by atoms with van der Waals surface area (Å²) in [6.07, 6.45) is 2.97. The van der Waals surface area contributed by atoms with Crippen molar-refractivity contribution in [2.75, 3.05) is 5.32 Å². The van der Waals surface area contributed by atoms with Gasteiger partial charge in [-0.05, 0) is 6.42 Å². The van der Waals surface area contributed by atoms with Crippen LogP contribution in [0.3, 0.4) is 0 Å². The molecule has 0 atom stereocenters. The van der Waals surface area contributed by atoms with E-state index >= 15 is 0 Å². The third-order valence-corrected chi connectivity index (χ3v) is 3.15. The number of sulfonamides is 1. The Morgan fingerprint density at radius 3 is 3.00 bits per heavy atom. The highest BCUT2D eigenvalue weighted by atomic mass is 32.2. The standard InChI is InChI=1S/C7H8N4O2S/c1-2-5-7-6(3-9-11-5)14(12,13)10-4-8-7/h3-4H,2H2,1H3,(H,8,10). The second kappa shape index (κ2) is 3.02. The number of aryl methyl sites for hydroxylation is 1. The first kappa shape index (κ1) is 9.07. The smallest absolute Gasteiger partial charge is 0.287 e. The summed E-state index contributed by atoms with van der Waals surface area (Å²) in [6, 6.07) is 0. The molecule has 0 aromatic carbocycles. The molecular formula is C7H8N4O2S. The molecule has 1 aliphatic rings. The van der Waals surface area contributed by atoms with Crippen molar-refractivity contribution in [1.82, 2.24) is 10.2 Å². The van der Waals surface area contributed by atoms with E-state index in [4.69, 9.17) is 0 Å². The molecular weight excluding hydrogens is 204 g/mol. The molecule has 0 saturated carbocycles. The Kier molecular flexibility index (Phi) is 1.95. The van der Waals surface area contributed by atoms with Crippen molar-refractivity contribution in [3.05, 3.63) is 11.9 Å². The lowest BCUT2D eigenvalue weighted by molar-refractivity contribution is 0.597. The van der Waals surface area contributed by atoms with E-state index < -0.39 is 10.0 Å². The van der Waals surface area contributed by atoms with Crippen molar-refractivity contribution in [3.63, 3.8) is 0 Å². The van der Waals surface area contributed by atoms with Gasteiger partial charge in [0.2, 0.25) is 0 Å². The predicted octanol–water partition coefficient (Wildman–Crippen LogP) is 0.182. The zero-order chi connectivity index (χ0) is 10.2. The van der Waals surface area contributed by atoms with Crippen LogP contribution in [0.15, 0.2) is 15.5 Å². The highest BCUT2D eigenvalue weighted by molar-refractivity contribution is 7.90. The lowest BCUT2D eigenvalue weighted by Crippen LogP contribution is -2.15. The fourth-order valence-electron chi connectivity index (χ4n) is 1.22. The van der Waals surface area contributed by atoms with Gasteiger partial charge in [0.05, 0.1) is 17.6 Å². The summed E-state index contributed by atoms with van der Waals surface area (Å²) < 4.78 is 26.2. The monoisotopic (exact) mass is 212 g/mol. The molecule has 1 aromatic heterocycles. The molecule has 2 rings (SSSR count). The minimum Gasteiger partial charge on any atom is -0.343 e. The maximum Gasteiger partial charge on any atom is 0.287 e. The summed E-state index contributed by atoms with van der Waals surface area (Å²) >= 11 is 0. The number of nitrogens with zero attached hydrogens (tertiary/aromatic N) is 3. The molecule has 0 spiro atoms. The third kappa shape index (κ3) is 1.25. The summed E-state index contributed by atoms with van der Waals surface area (Å²) in [6.45, 7) is 1.88. The van der Waals surface area contributed by atoms with Crippen LogP contribution in [0.2, 0.25) is 0 Å². The van der Waals surface area contributed by atoms with Crippen LogP contribution >= 0.6 is 0 Å². The fraction of sp³-hybridized carbons (Fsp3) is 0.286. The van der Waals surface area contributed by atoms with Crippen molar-refractivity contribution in [1.29, 1.82) is 0 Å². The number of hydrogen-bond donors (Lipinski definition) is 1. The molecule has 0 unspecified atom stereocenters. The van der Waals surface area contributed by atoms with Crippen molar-refractivity contribution in [2.45, 2.75) is 18.2 Å². The van der Waals surface area contributed by atoms with Gasteiger partial charge < -0.3 is 5.32 Å². The molecule has 1 N–H and O–H groups in total. The van der Waals surface area contributed by atoms with E-state index in [1.165, 1.54) is 6.20 Å². The Morgan fingerprint density at radius 2 is 2.29 bits per heavy atom. The third-order valence-electron chi connectivity index (χ3n) is 1.90. The van der Waals surface area contributed by atoms with Crippen LogP contribution in [0.4, 0.5) is 5.69 Å². The molecule has 74 valence electrons. The fourth-order valence-corrected chi connectivity index (χ4v) is 2.14. The Bertz CT molecular complexity index is 494. The van der Waals surface area contributed by atoms with E-state index in [2.05, 4.69) is 19.9 Å². The molecule has 14 heavy (non-hydrogen) atoms. The first-order valence-corrected chi connectivity index (χ1v) is 5.49. The molecule has 1 aromatic rings. The van der Waals surface area contributed by atoms with Gasteiger partial charge in [-0.25, -0.2) is 0 Å². The van der Waals surface area contributed by atoms with Crippen LogP contribution in [-0.2, 0) is 16.4 Å². The average molecular weight is 212 g/mol. The van der Waals surface area contributed by atoms with Gasteiger partial charge in [-0.2, -0.15) is 18.6 Å². The number of fused-ring (bicyclic) bond motifs is 1. The molecule has 0 radical (unpaired) electrons. The molecule has 2 heterocycles. The van der Waals surface area contributed by atoms with E-state index in [-0.39, 0.29) is 4.90 Å². The van der Waals surface area contributed by atoms with Crippen molar-refractivity contribution < 1.29 is 8.42 Å². The van der Waals surface area contributed by atoms with Gasteiger partial charge in [-0.1, -0.05) is 6.92 Å². The van der Waals surface area contributed by atoms with Gasteiger partial charge in [0.1, 0.15) is 11.2 Å². The second-order valence-corrected chi connectivity index (χ2v) is 4.34. The highest BCUT2D eigenvalue weighted by Gasteiger charge is 2.23. The summed E-state index contributed by atoms with van der Waals surface area (Å²) in [5.74, 6) is 0. The van der Waals surface area contributed by atoms with Gasteiger partial charge in [0.15, 0.2) is 0 Å². The van der Waals surface area contributed by atoms with Gasteiger partial charge >= 0.3 is 0 Å². The Morgan fingerprint density at radius 1 is 1.50 bits per heavy atom. The predicted molar refractivity (Wildman–Crippen MR) is 50.7 cm³/mol. The van der Waals surface area contributed by atoms with Crippen LogP contribution in [0.25, 0.3) is 0 Å². The molecule has 0 saturated heterocycles. The van der Waals surface area contributed by atoms with Crippen LogP contribution < -0.4 is 5.32 Å². The Hall–Kier alpha value is -1.50. The topological polar surface area (TPSA) is 84.3 Å². The van der Waals surface area contributed by atoms with Crippen molar-refractivity contribution >= 4 is 22.0 Å². The summed E-state index contributed by atoms with van der Waals surface area (Å²) in [7, 11) is -3.57. The highest BCUT2D eigenvalue weighted by Crippen LogP contribution is 2.26. The van der Waals surface area contributed by atoms with Crippen LogP contribution in [0, 0.1) is 0 Å². The Balaban J connectivity index is 2.72. The van der Waals surface area contributed by atoms with E-state index in [1.807, 2.05) is 6.92 Å². The van der Waals surface area contributed by atoms with Crippen molar-refractivity contribution in [2.24, 2.45) is 4.40 Å².